The minimum Gasteiger partial charge on any atom is -0.480 e. The van der Waals surface area contributed by atoms with Crippen LogP contribution in [0.2, 0.25) is 0 Å². The molecule has 1 saturated carbocycles. The molecular formula is C25H22N4O3S. The highest BCUT2D eigenvalue weighted by Crippen LogP contribution is 2.41. The minimum absolute atomic E-state index is 0.285. The van der Waals surface area contributed by atoms with Crippen LogP contribution in [0.25, 0.3) is 22.0 Å². The zero-order valence-electron chi connectivity index (χ0n) is 17.8. The van der Waals surface area contributed by atoms with Crippen molar-refractivity contribution in [1.29, 1.82) is 0 Å². The molecule has 1 fully saturated rings. The number of nitrogens with zero attached hydrogens (tertiary/aromatic N) is 4. The number of benzene rings is 2. The Labute approximate surface area is 194 Å². The van der Waals surface area contributed by atoms with Crippen LogP contribution in [0.1, 0.15) is 30.0 Å². The number of pyridine rings is 1. The predicted octanol–water partition coefficient (Wildman–Crippen LogP) is 3.99. The maximum Gasteiger partial charge on any atom is 0.327 e. The summed E-state index contributed by atoms with van der Waals surface area (Å²) < 4.78 is 3.28. The molecule has 166 valence electrons. The first kappa shape index (κ1) is 20.2. The van der Waals surface area contributed by atoms with Crippen LogP contribution in [-0.4, -0.2) is 36.4 Å². The lowest BCUT2D eigenvalue weighted by Crippen LogP contribution is -2.29. The number of carbonyl (C=O) groups is 1. The van der Waals surface area contributed by atoms with Crippen LogP contribution in [0.5, 0.6) is 0 Å². The number of thioether (sulfide) groups is 1. The number of fused-ring (bicyclic) bond motifs is 2. The molecule has 2 aliphatic rings. The number of carboxylic acid groups (broad SMARTS) is 1. The monoisotopic (exact) mass is 458 g/mol. The zero-order valence-corrected chi connectivity index (χ0v) is 18.7. The van der Waals surface area contributed by atoms with Crippen LogP contribution in [0.15, 0.2) is 64.5 Å². The average molecular weight is 459 g/mol. The molecule has 6 rings (SSSR count). The van der Waals surface area contributed by atoms with Crippen LogP contribution in [-0.2, 0) is 17.8 Å². The molecule has 0 spiro atoms. The smallest absolute Gasteiger partial charge is 0.327 e. The molecule has 8 heteroatoms. The van der Waals surface area contributed by atoms with Crippen LogP contribution in [0, 0.1) is 5.92 Å². The standard InChI is InChI=1S/C25H22N4O3S/c30-22-11-18(10-17-6-3-5-16-4-1-2-7-19(16)17)23(24-29(22)21(14-33-24)25(31)32)20-13-28(27-26-20)12-15-8-9-15/h1-7,11,13,15,21H,8-10,12,14H2,(H,31,32)/t21-/m0/s1. The van der Waals surface area contributed by atoms with Crippen molar-refractivity contribution in [1.82, 2.24) is 19.6 Å². The molecule has 4 aromatic rings. The van der Waals surface area contributed by atoms with Gasteiger partial charge in [-0.25, -0.2) is 4.79 Å². The van der Waals surface area contributed by atoms with Gasteiger partial charge < -0.3 is 5.11 Å². The van der Waals surface area contributed by atoms with E-state index in [1.54, 1.807) is 6.07 Å². The second-order valence-electron chi connectivity index (χ2n) is 8.81. The first-order valence-electron chi connectivity index (χ1n) is 11.1. The molecule has 0 saturated heterocycles. The quantitative estimate of drug-likeness (QED) is 0.470. The first-order chi connectivity index (χ1) is 16.1. The van der Waals surface area contributed by atoms with Crippen molar-refractivity contribution in [3.05, 3.63) is 76.2 Å². The fourth-order valence-corrected chi connectivity index (χ4v) is 5.98. The summed E-state index contributed by atoms with van der Waals surface area (Å²) in [6.07, 6.45) is 4.91. The molecule has 1 aliphatic heterocycles. The van der Waals surface area contributed by atoms with E-state index in [4.69, 9.17) is 0 Å². The Morgan fingerprint density at radius 3 is 2.76 bits per heavy atom. The second-order valence-corrected chi connectivity index (χ2v) is 9.82. The summed E-state index contributed by atoms with van der Waals surface area (Å²) in [5.41, 5.74) is 3.18. The number of rotatable bonds is 6. The molecule has 0 radical (unpaired) electrons. The SMILES string of the molecule is O=C(O)[C@@H]1CSc2c(-c3cn(CC4CC4)nn3)c(Cc3cccc4ccccc34)cc(=O)n21. The lowest BCUT2D eigenvalue weighted by atomic mass is 9.95. The van der Waals surface area contributed by atoms with Crippen molar-refractivity contribution < 1.29 is 9.90 Å². The Morgan fingerprint density at radius 2 is 1.94 bits per heavy atom. The van der Waals surface area contributed by atoms with E-state index >= 15 is 0 Å². The van der Waals surface area contributed by atoms with Crippen molar-refractivity contribution >= 4 is 28.5 Å². The summed E-state index contributed by atoms with van der Waals surface area (Å²) in [5.74, 6) is -0.0102. The summed E-state index contributed by atoms with van der Waals surface area (Å²) in [4.78, 5) is 24.9. The van der Waals surface area contributed by atoms with Crippen LogP contribution < -0.4 is 5.56 Å². The molecule has 1 atom stereocenters. The Morgan fingerprint density at radius 1 is 1.12 bits per heavy atom. The van der Waals surface area contributed by atoms with Gasteiger partial charge in [0.25, 0.3) is 5.56 Å². The normalized spacial score (nSPS) is 17.4. The molecule has 1 aliphatic carbocycles. The van der Waals surface area contributed by atoms with Gasteiger partial charge in [0, 0.05) is 23.9 Å². The summed E-state index contributed by atoms with van der Waals surface area (Å²) in [7, 11) is 0. The molecular weight excluding hydrogens is 436 g/mol. The summed E-state index contributed by atoms with van der Waals surface area (Å²) in [6.45, 7) is 0.839. The van der Waals surface area contributed by atoms with Crippen LogP contribution >= 0.6 is 11.8 Å². The Balaban J connectivity index is 1.51. The molecule has 7 nitrogen and oxygen atoms in total. The number of hydrogen-bond donors (Lipinski definition) is 1. The Hall–Kier alpha value is -3.39. The molecule has 0 amide bonds. The second kappa shape index (κ2) is 7.88. The fraction of sp³-hybridized carbons (Fsp3) is 0.280. The number of carboxylic acids is 1. The van der Waals surface area contributed by atoms with E-state index in [0.717, 1.165) is 34.0 Å². The topological polar surface area (TPSA) is 90.0 Å². The van der Waals surface area contributed by atoms with Gasteiger partial charge in [0.05, 0.1) is 11.2 Å². The van der Waals surface area contributed by atoms with E-state index in [-0.39, 0.29) is 5.56 Å². The van der Waals surface area contributed by atoms with Crippen LogP contribution in [0.3, 0.4) is 0 Å². The van der Waals surface area contributed by atoms with E-state index < -0.39 is 12.0 Å². The minimum atomic E-state index is -0.992. The lowest BCUT2D eigenvalue weighted by Gasteiger charge is -2.16. The predicted molar refractivity (Wildman–Crippen MR) is 127 cm³/mol. The van der Waals surface area contributed by atoms with Crippen LogP contribution in [0.4, 0.5) is 0 Å². The van der Waals surface area contributed by atoms with Gasteiger partial charge in [-0.15, -0.1) is 16.9 Å². The van der Waals surface area contributed by atoms with Gasteiger partial charge in [-0.2, -0.15) is 0 Å². The van der Waals surface area contributed by atoms with E-state index in [2.05, 4.69) is 34.6 Å². The zero-order chi connectivity index (χ0) is 22.5. The summed E-state index contributed by atoms with van der Waals surface area (Å²) in [6, 6.07) is 15.1. The molecule has 2 aromatic heterocycles. The molecule has 2 aromatic carbocycles. The third-order valence-electron chi connectivity index (χ3n) is 6.46. The van der Waals surface area contributed by atoms with Gasteiger partial charge >= 0.3 is 5.97 Å². The highest BCUT2D eigenvalue weighted by molar-refractivity contribution is 7.99. The average Bonchev–Trinajstić information content (AvgIpc) is 3.30. The number of aliphatic carboxylic acids is 1. The van der Waals surface area contributed by atoms with Gasteiger partial charge in [0.15, 0.2) is 0 Å². The van der Waals surface area contributed by atoms with Crippen molar-refractivity contribution in [2.75, 3.05) is 5.75 Å². The highest BCUT2D eigenvalue weighted by atomic mass is 32.2. The van der Waals surface area contributed by atoms with E-state index in [0.29, 0.717) is 28.8 Å². The van der Waals surface area contributed by atoms with E-state index in [9.17, 15) is 14.7 Å². The maximum atomic E-state index is 13.1. The molecule has 0 unspecified atom stereocenters. The third-order valence-corrected chi connectivity index (χ3v) is 7.62. The number of hydrogen-bond acceptors (Lipinski definition) is 5. The Kier molecular flexibility index (Phi) is 4.83. The molecule has 0 bridgehead atoms. The lowest BCUT2D eigenvalue weighted by molar-refractivity contribution is -0.140. The van der Waals surface area contributed by atoms with Crippen molar-refractivity contribution in [2.24, 2.45) is 5.92 Å². The van der Waals surface area contributed by atoms with Crippen molar-refractivity contribution in [3.63, 3.8) is 0 Å². The Bertz CT molecular complexity index is 1450. The van der Waals surface area contributed by atoms with Gasteiger partial charge in [0.2, 0.25) is 0 Å². The van der Waals surface area contributed by atoms with E-state index in [1.807, 2.05) is 29.1 Å². The van der Waals surface area contributed by atoms with Crippen molar-refractivity contribution in [2.45, 2.75) is 36.9 Å². The van der Waals surface area contributed by atoms with Gasteiger partial charge in [-0.3, -0.25) is 14.0 Å². The van der Waals surface area contributed by atoms with Gasteiger partial charge in [-0.1, -0.05) is 47.7 Å². The third kappa shape index (κ3) is 3.64. The first-order valence-corrected chi connectivity index (χ1v) is 12.1. The summed E-state index contributed by atoms with van der Waals surface area (Å²) >= 11 is 1.41. The van der Waals surface area contributed by atoms with E-state index in [1.165, 1.54) is 29.2 Å². The van der Waals surface area contributed by atoms with Crippen molar-refractivity contribution in [3.8, 4) is 11.3 Å². The van der Waals surface area contributed by atoms with Gasteiger partial charge in [-0.05, 0) is 47.1 Å². The highest BCUT2D eigenvalue weighted by Gasteiger charge is 2.34. The fourth-order valence-electron chi connectivity index (χ4n) is 4.63. The molecule has 3 heterocycles. The maximum absolute atomic E-state index is 13.1. The number of aromatic nitrogens is 4. The van der Waals surface area contributed by atoms with Gasteiger partial charge in [0.1, 0.15) is 11.7 Å². The largest absolute Gasteiger partial charge is 0.480 e. The molecule has 33 heavy (non-hydrogen) atoms. The summed E-state index contributed by atoms with van der Waals surface area (Å²) in [5, 5.41) is 21.4. The molecule has 1 N–H and O–H groups in total.